The summed E-state index contributed by atoms with van der Waals surface area (Å²) in [5.74, 6) is -2.03. The number of fused-ring (bicyclic) bond motifs is 1. The van der Waals surface area contributed by atoms with E-state index in [0.717, 1.165) is 77.0 Å². The van der Waals surface area contributed by atoms with Crippen molar-refractivity contribution >= 4 is 39.6 Å². The van der Waals surface area contributed by atoms with Crippen molar-refractivity contribution in [3.63, 3.8) is 0 Å². The molecule has 6 aliphatic rings. The van der Waals surface area contributed by atoms with Crippen LogP contribution < -0.4 is 21.3 Å². The molecule has 0 unspecified atom stereocenters. The van der Waals surface area contributed by atoms with E-state index in [1.807, 2.05) is 6.92 Å². The minimum absolute atomic E-state index is 0.0165. The Bertz CT molecular complexity index is 1490. The van der Waals surface area contributed by atoms with Crippen LogP contribution in [0.15, 0.2) is 0 Å². The van der Waals surface area contributed by atoms with Gasteiger partial charge in [0.05, 0.1) is 17.3 Å². The van der Waals surface area contributed by atoms with Crippen LogP contribution in [0.4, 0.5) is 4.79 Å². The molecule has 6 fully saturated rings. The summed E-state index contributed by atoms with van der Waals surface area (Å²) in [5.41, 5.74) is -1.71. The molecule has 5 atom stereocenters. The van der Waals surface area contributed by atoms with Gasteiger partial charge in [-0.15, -0.1) is 0 Å². The van der Waals surface area contributed by atoms with Crippen LogP contribution in [-0.2, 0) is 29.2 Å². The first-order chi connectivity index (χ1) is 24.0. The average Bonchev–Trinajstić information content (AvgIpc) is 4.03. The van der Waals surface area contributed by atoms with Gasteiger partial charge in [-0.25, -0.2) is 17.5 Å². The topological polar surface area (TPSA) is 174 Å². The first kappa shape index (κ1) is 38.0. The van der Waals surface area contributed by atoms with Gasteiger partial charge >= 0.3 is 6.03 Å². The molecule has 6 rings (SSSR count). The predicted octanol–water partition coefficient (Wildman–Crippen LogP) is 2.83. The molecule has 0 radical (unpaired) electrons. The third kappa shape index (κ3) is 8.26. The molecule has 4 N–H and O–H groups in total. The number of carbonyl (C=O) groups is 5. The number of urea groups is 1. The van der Waals surface area contributed by atoms with E-state index in [-0.39, 0.29) is 40.9 Å². The number of piperidine rings is 1. The number of nitrogens with zero attached hydrogens (tertiary/aromatic N) is 2. The standard InChI is InChI=1S/C37H60N6O7S/c1-35(2)25-21-43(28(27(25)35)31(45)39-26(20-23-12-13-23)29(44)32(46)38-24-14-15-24)33(47)30(36(3)16-8-6-9-17-36)40-34(48)41-37(18-10-7-11-19-37)22-51(49,50)42(4)5/h23-28,30H,6-22H2,1-5H3,(H,38,46)(H,39,45)(H2,40,41,48)/t25-,26-,27-,28-,30+/m0/s1. The highest BCUT2D eigenvalue weighted by Gasteiger charge is 2.70. The monoisotopic (exact) mass is 732 g/mol. The quantitative estimate of drug-likeness (QED) is 0.199. The van der Waals surface area contributed by atoms with E-state index in [1.54, 1.807) is 4.90 Å². The summed E-state index contributed by atoms with van der Waals surface area (Å²) in [6, 6.07) is -3.29. The number of amides is 5. The van der Waals surface area contributed by atoms with Crippen molar-refractivity contribution in [2.75, 3.05) is 26.4 Å². The smallest absolute Gasteiger partial charge is 0.315 e. The number of hydrogen-bond donors (Lipinski definition) is 4. The van der Waals surface area contributed by atoms with E-state index >= 15 is 0 Å². The van der Waals surface area contributed by atoms with Gasteiger partial charge in [0.25, 0.3) is 5.91 Å². The normalized spacial score (nSPS) is 28.9. The van der Waals surface area contributed by atoms with E-state index in [4.69, 9.17) is 0 Å². The van der Waals surface area contributed by atoms with Crippen molar-refractivity contribution in [1.29, 1.82) is 0 Å². The largest absolute Gasteiger partial charge is 0.347 e. The Balaban J connectivity index is 1.23. The fraction of sp³-hybridized carbons (Fsp3) is 0.865. The lowest BCUT2D eigenvalue weighted by molar-refractivity contribution is -0.146. The molecule has 0 spiro atoms. The van der Waals surface area contributed by atoms with Gasteiger partial charge in [0.1, 0.15) is 12.1 Å². The van der Waals surface area contributed by atoms with Gasteiger partial charge in [-0.1, -0.05) is 72.1 Å². The van der Waals surface area contributed by atoms with Crippen LogP contribution in [0.2, 0.25) is 0 Å². The van der Waals surface area contributed by atoms with Crippen LogP contribution in [0.1, 0.15) is 117 Å². The molecular weight excluding hydrogens is 673 g/mol. The number of likely N-dealkylation sites (tertiary alicyclic amines) is 1. The van der Waals surface area contributed by atoms with Gasteiger partial charge in [0.15, 0.2) is 0 Å². The van der Waals surface area contributed by atoms with Gasteiger partial charge < -0.3 is 26.2 Å². The van der Waals surface area contributed by atoms with Gasteiger partial charge in [-0.3, -0.25) is 19.2 Å². The molecule has 0 aromatic carbocycles. The summed E-state index contributed by atoms with van der Waals surface area (Å²) >= 11 is 0. The minimum Gasteiger partial charge on any atom is -0.347 e. The summed E-state index contributed by atoms with van der Waals surface area (Å²) < 4.78 is 27.3. The Morgan fingerprint density at radius 1 is 0.843 bits per heavy atom. The molecule has 14 heteroatoms. The zero-order chi connectivity index (χ0) is 36.9. The number of rotatable bonds is 14. The number of Topliss-reactive ketones (excluding diaryl/α,β-unsaturated/α-hetero) is 1. The summed E-state index contributed by atoms with van der Waals surface area (Å²) in [5, 5.41) is 11.8. The number of ketones is 1. The van der Waals surface area contributed by atoms with E-state index in [2.05, 4.69) is 35.1 Å². The van der Waals surface area contributed by atoms with Crippen molar-refractivity contribution < 1.29 is 32.4 Å². The van der Waals surface area contributed by atoms with Gasteiger partial charge in [0.2, 0.25) is 27.6 Å². The molecule has 1 saturated heterocycles. The Morgan fingerprint density at radius 3 is 2.02 bits per heavy atom. The van der Waals surface area contributed by atoms with Crippen molar-refractivity contribution in [2.45, 2.75) is 147 Å². The third-order valence-corrected chi connectivity index (χ3v) is 15.2. The summed E-state index contributed by atoms with van der Waals surface area (Å²) in [6.07, 6.45) is 11.9. The molecular formula is C37H60N6O7S. The third-order valence-electron chi connectivity index (χ3n) is 13.2. The molecule has 0 aromatic rings. The van der Waals surface area contributed by atoms with Crippen LogP contribution >= 0.6 is 0 Å². The SMILES string of the molecule is CN(C)S(=O)(=O)CC1(NC(=O)N[C@H](C(=O)N2C[C@H]3[C@@H]([C@H]2C(=O)N[C@@H](CC2CC2)C(=O)C(=O)NC2CC2)C3(C)C)C2(C)CCCCC2)CCCCC1. The van der Waals surface area contributed by atoms with Gasteiger partial charge in [0, 0.05) is 26.7 Å². The van der Waals surface area contributed by atoms with E-state index in [9.17, 15) is 32.4 Å². The minimum atomic E-state index is -3.63. The van der Waals surface area contributed by atoms with Crippen LogP contribution in [0.5, 0.6) is 0 Å². The van der Waals surface area contributed by atoms with Gasteiger partial charge in [-0.05, 0) is 73.5 Å². The van der Waals surface area contributed by atoms with Crippen LogP contribution in [0.3, 0.4) is 0 Å². The number of nitrogens with one attached hydrogen (secondary N) is 4. The Labute approximate surface area is 303 Å². The van der Waals surface area contributed by atoms with E-state index in [1.165, 1.54) is 18.4 Å². The molecule has 5 aliphatic carbocycles. The second-order valence-electron chi connectivity index (χ2n) is 17.9. The first-order valence-corrected chi connectivity index (χ1v) is 21.0. The Kier molecular flexibility index (Phi) is 10.6. The molecule has 1 heterocycles. The van der Waals surface area contributed by atoms with Crippen molar-refractivity contribution in [2.24, 2.45) is 28.6 Å². The van der Waals surface area contributed by atoms with Crippen molar-refractivity contribution in [3.05, 3.63) is 0 Å². The second kappa shape index (κ2) is 14.2. The summed E-state index contributed by atoms with van der Waals surface area (Å²) in [7, 11) is -0.644. The Morgan fingerprint density at radius 2 is 1.45 bits per heavy atom. The highest BCUT2D eigenvalue weighted by atomic mass is 32.2. The fourth-order valence-corrected chi connectivity index (χ4v) is 10.7. The molecule has 13 nitrogen and oxygen atoms in total. The highest BCUT2D eigenvalue weighted by molar-refractivity contribution is 7.89. The summed E-state index contributed by atoms with van der Waals surface area (Å²) in [6.45, 7) is 6.58. The second-order valence-corrected chi connectivity index (χ2v) is 20.0. The van der Waals surface area contributed by atoms with Crippen molar-refractivity contribution in [1.82, 2.24) is 30.5 Å². The number of carbonyl (C=O) groups excluding carboxylic acids is 5. The zero-order valence-corrected chi connectivity index (χ0v) is 32.0. The Hall–Kier alpha value is -2.74. The zero-order valence-electron chi connectivity index (χ0n) is 31.2. The molecule has 5 saturated carbocycles. The first-order valence-electron chi connectivity index (χ1n) is 19.4. The van der Waals surface area contributed by atoms with Crippen LogP contribution in [-0.4, -0.2) is 103 Å². The van der Waals surface area contributed by atoms with Crippen LogP contribution in [0, 0.1) is 28.6 Å². The van der Waals surface area contributed by atoms with Crippen molar-refractivity contribution in [3.8, 4) is 0 Å². The lowest BCUT2D eigenvalue weighted by Gasteiger charge is -2.44. The maximum absolute atomic E-state index is 14.9. The highest BCUT2D eigenvalue weighted by Crippen LogP contribution is 2.65. The maximum Gasteiger partial charge on any atom is 0.315 e. The lowest BCUT2D eigenvalue weighted by atomic mass is 9.70. The molecule has 1 aliphatic heterocycles. The maximum atomic E-state index is 14.9. The number of hydrogen-bond acceptors (Lipinski definition) is 7. The molecule has 286 valence electrons. The van der Waals surface area contributed by atoms with E-state index in [0.29, 0.717) is 25.8 Å². The molecule has 51 heavy (non-hydrogen) atoms. The summed E-state index contributed by atoms with van der Waals surface area (Å²) in [4.78, 5) is 71.0. The molecule has 0 bridgehead atoms. The predicted molar refractivity (Wildman–Crippen MR) is 192 cm³/mol. The van der Waals surface area contributed by atoms with Gasteiger partial charge in [-0.2, -0.15) is 0 Å². The fourth-order valence-electron chi connectivity index (χ4n) is 9.40. The number of sulfonamides is 1. The molecule has 0 aromatic heterocycles. The van der Waals surface area contributed by atoms with E-state index < -0.39 is 62.7 Å². The molecule has 5 amide bonds. The average molecular weight is 733 g/mol. The lowest BCUT2D eigenvalue weighted by Crippen LogP contribution is -2.65. The van der Waals surface area contributed by atoms with Crippen LogP contribution in [0.25, 0.3) is 0 Å².